The van der Waals surface area contributed by atoms with Crippen molar-refractivity contribution in [3.05, 3.63) is 41.7 Å². The molecule has 2 bridgehead atoms. The van der Waals surface area contributed by atoms with Gasteiger partial charge >= 0.3 is 0 Å². The van der Waals surface area contributed by atoms with Gasteiger partial charge in [-0.3, -0.25) is 4.79 Å². The van der Waals surface area contributed by atoms with Crippen LogP contribution >= 0.6 is 0 Å². The van der Waals surface area contributed by atoms with E-state index >= 15 is 0 Å². The van der Waals surface area contributed by atoms with Gasteiger partial charge in [0.05, 0.1) is 0 Å². The maximum absolute atomic E-state index is 12.8. The molecule has 4 atom stereocenters. The molecule has 2 N–H and O–H groups in total. The van der Waals surface area contributed by atoms with Gasteiger partial charge in [0.15, 0.2) is 0 Å². The van der Waals surface area contributed by atoms with Crippen molar-refractivity contribution in [2.45, 2.75) is 25.3 Å². The van der Waals surface area contributed by atoms with Crippen LogP contribution in [0.1, 0.15) is 24.8 Å². The fourth-order valence-corrected chi connectivity index (χ4v) is 3.86. The number of aliphatic hydroxyl groups excluding tert-OH is 1. The summed E-state index contributed by atoms with van der Waals surface area (Å²) < 4.78 is 12.8. The van der Waals surface area contributed by atoms with E-state index in [2.05, 4.69) is 5.32 Å². The number of carbonyl (C=O) groups excluding carboxylic acids is 1. The molecule has 0 aromatic heterocycles. The largest absolute Gasteiger partial charge is 0.396 e. The van der Waals surface area contributed by atoms with Crippen LogP contribution in [-0.2, 0) is 4.79 Å². The summed E-state index contributed by atoms with van der Waals surface area (Å²) in [5.74, 6) is 0.841. The lowest BCUT2D eigenvalue weighted by molar-refractivity contribution is -0.117. The number of nitrogens with one attached hydrogen (secondary N) is 1. The highest BCUT2D eigenvalue weighted by molar-refractivity contribution is 5.92. The number of carbonyl (C=O) groups is 1. The van der Waals surface area contributed by atoms with Gasteiger partial charge in [0, 0.05) is 24.6 Å². The molecular formula is C17H20FNO2. The van der Waals surface area contributed by atoms with Crippen LogP contribution in [0.15, 0.2) is 30.3 Å². The highest BCUT2D eigenvalue weighted by Gasteiger charge is 2.47. The number of aliphatic hydroxyl groups is 1. The van der Waals surface area contributed by atoms with Crippen molar-refractivity contribution >= 4 is 12.0 Å². The van der Waals surface area contributed by atoms with Crippen molar-refractivity contribution in [3.8, 4) is 0 Å². The molecule has 3 nitrogen and oxygen atoms in total. The lowest BCUT2D eigenvalue weighted by Gasteiger charge is -2.30. The molecule has 0 radical (unpaired) electrons. The minimum atomic E-state index is -0.288. The van der Waals surface area contributed by atoms with E-state index in [-0.39, 0.29) is 30.3 Å². The van der Waals surface area contributed by atoms with Crippen LogP contribution < -0.4 is 5.32 Å². The monoisotopic (exact) mass is 289 g/mol. The van der Waals surface area contributed by atoms with Crippen molar-refractivity contribution in [2.24, 2.45) is 17.8 Å². The molecule has 4 heteroatoms. The van der Waals surface area contributed by atoms with Gasteiger partial charge in [0.2, 0.25) is 5.91 Å². The Labute approximate surface area is 123 Å². The van der Waals surface area contributed by atoms with Gasteiger partial charge in [-0.15, -0.1) is 0 Å². The van der Waals surface area contributed by atoms with Crippen molar-refractivity contribution in [1.29, 1.82) is 0 Å². The van der Waals surface area contributed by atoms with Crippen molar-refractivity contribution in [2.75, 3.05) is 6.61 Å². The molecule has 112 valence electrons. The van der Waals surface area contributed by atoms with Crippen LogP contribution in [0.25, 0.3) is 6.08 Å². The van der Waals surface area contributed by atoms with Crippen LogP contribution in [0.3, 0.4) is 0 Å². The van der Waals surface area contributed by atoms with E-state index in [1.54, 1.807) is 18.2 Å². The highest BCUT2D eigenvalue weighted by atomic mass is 19.1. The zero-order chi connectivity index (χ0) is 14.8. The van der Waals surface area contributed by atoms with E-state index in [1.807, 2.05) is 0 Å². The zero-order valence-corrected chi connectivity index (χ0v) is 11.8. The maximum Gasteiger partial charge on any atom is 0.244 e. The number of halogens is 1. The first kappa shape index (κ1) is 14.3. The molecule has 2 aliphatic rings. The quantitative estimate of drug-likeness (QED) is 0.836. The molecular weight excluding hydrogens is 269 g/mol. The Hall–Kier alpha value is -1.68. The normalized spacial score (nSPS) is 31.0. The van der Waals surface area contributed by atoms with Crippen molar-refractivity contribution in [3.63, 3.8) is 0 Å². The molecule has 0 aliphatic heterocycles. The number of hydrogen-bond donors (Lipinski definition) is 2. The molecule has 0 saturated heterocycles. The second kappa shape index (κ2) is 5.98. The first-order chi connectivity index (χ1) is 10.2. The topological polar surface area (TPSA) is 49.3 Å². The van der Waals surface area contributed by atoms with E-state index in [0.717, 1.165) is 18.4 Å². The van der Waals surface area contributed by atoms with Crippen LogP contribution in [-0.4, -0.2) is 23.7 Å². The van der Waals surface area contributed by atoms with Crippen molar-refractivity contribution < 1.29 is 14.3 Å². The molecule has 0 spiro atoms. The van der Waals surface area contributed by atoms with Gasteiger partial charge in [0.25, 0.3) is 0 Å². The van der Waals surface area contributed by atoms with Gasteiger partial charge in [-0.25, -0.2) is 4.39 Å². The summed E-state index contributed by atoms with van der Waals surface area (Å²) in [7, 11) is 0. The van der Waals surface area contributed by atoms with Gasteiger partial charge < -0.3 is 10.4 Å². The second-order valence-electron chi connectivity index (χ2n) is 6.10. The summed E-state index contributed by atoms with van der Waals surface area (Å²) in [6, 6.07) is 6.10. The van der Waals surface area contributed by atoms with Gasteiger partial charge in [-0.1, -0.05) is 12.1 Å². The zero-order valence-electron chi connectivity index (χ0n) is 11.8. The molecule has 2 aliphatic carbocycles. The van der Waals surface area contributed by atoms with Crippen molar-refractivity contribution in [1.82, 2.24) is 5.32 Å². The molecule has 21 heavy (non-hydrogen) atoms. The number of amides is 1. The first-order valence-electron chi connectivity index (χ1n) is 7.52. The van der Waals surface area contributed by atoms with Gasteiger partial charge in [-0.05, 0) is 54.9 Å². The van der Waals surface area contributed by atoms with Crippen LogP contribution in [0.2, 0.25) is 0 Å². The Balaban J connectivity index is 1.60. The number of hydrogen-bond acceptors (Lipinski definition) is 2. The molecule has 1 amide bonds. The summed E-state index contributed by atoms with van der Waals surface area (Å²) >= 11 is 0. The Morgan fingerprint density at radius 3 is 2.71 bits per heavy atom. The third-order valence-corrected chi connectivity index (χ3v) is 4.91. The number of benzene rings is 1. The summed E-state index contributed by atoms with van der Waals surface area (Å²) in [6.45, 7) is 0.147. The average molecular weight is 289 g/mol. The molecule has 2 fully saturated rings. The predicted molar refractivity (Wildman–Crippen MR) is 78.8 cm³/mol. The number of fused-ring (bicyclic) bond motifs is 2. The van der Waals surface area contributed by atoms with Gasteiger partial charge in [-0.2, -0.15) is 0 Å². The predicted octanol–water partition coefficient (Wildman–Crippen LogP) is 2.36. The molecule has 4 unspecified atom stereocenters. The molecule has 1 aromatic rings. The third-order valence-electron chi connectivity index (χ3n) is 4.91. The van der Waals surface area contributed by atoms with E-state index in [4.69, 9.17) is 0 Å². The molecule has 1 aromatic carbocycles. The fraction of sp³-hybridized carbons (Fsp3) is 0.471. The first-order valence-corrected chi connectivity index (χ1v) is 7.52. The third kappa shape index (κ3) is 3.00. The van der Waals surface area contributed by atoms with E-state index in [0.29, 0.717) is 11.8 Å². The lowest BCUT2D eigenvalue weighted by atomic mass is 9.85. The summed E-state index contributed by atoms with van der Waals surface area (Å²) in [5, 5.41) is 12.5. The Morgan fingerprint density at radius 1 is 1.29 bits per heavy atom. The van der Waals surface area contributed by atoms with Crippen LogP contribution in [0, 0.1) is 23.6 Å². The SMILES string of the molecule is O=C(/C=C/c1ccc(F)cc1)NC1C2CCC(C2)C1CO. The summed E-state index contributed by atoms with van der Waals surface area (Å²) in [4.78, 5) is 12.0. The minimum absolute atomic E-state index is 0.0964. The fourth-order valence-electron chi connectivity index (χ4n) is 3.86. The lowest BCUT2D eigenvalue weighted by Crippen LogP contribution is -2.44. The maximum atomic E-state index is 12.8. The second-order valence-corrected chi connectivity index (χ2v) is 6.10. The minimum Gasteiger partial charge on any atom is -0.396 e. The highest BCUT2D eigenvalue weighted by Crippen LogP contribution is 2.48. The van der Waals surface area contributed by atoms with Crippen LogP contribution in [0.4, 0.5) is 4.39 Å². The standard InChI is InChI=1S/C17H20FNO2/c18-14-6-1-11(2-7-14)3-8-16(21)19-17-13-5-4-12(9-13)15(17)10-20/h1-3,6-8,12-13,15,17,20H,4-5,9-10H2,(H,19,21)/b8-3+. The molecule has 0 heterocycles. The van der Waals surface area contributed by atoms with E-state index < -0.39 is 0 Å². The Bertz CT molecular complexity index is 540. The van der Waals surface area contributed by atoms with E-state index in [9.17, 15) is 14.3 Å². The Kier molecular flexibility index (Phi) is 4.06. The smallest absolute Gasteiger partial charge is 0.244 e. The van der Waals surface area contributed by atoms with E-state index in [1.165, 1.54) is 24.6 Å². The molecule has 2 saturated carbocycles. The summed E-state index contributed by atoms with van der Waals surface area (Å²) in [6.07, 6.45) is 6.60. The van der Waals surface area contributed by atoms with Gasteiger partial charge in [0.1, 0.15) is 5.82 Å². The average Bonchev–Trinajstić information content (AvgIpc) is 3.07. The Morgan fingerprint density at radius 2 is 2.00 bits per heavy atom. The van der Waals surface area contributed by atoms with Crippen LogP contribution in [0.5, 0.6) is 0 Å². The molecule has 3 rings (SSSR count). The number of rotatable bonds is 4. The summed E-state index contributed by atoms with van der Waals surface area (Å²) in [5.41, 5.74) is 0.790.